The number of nitrogens with zero attached hydrogens (tertiary/aromatic N) is 6. The van der Waals surface area contributed by atoms with Crippen LogP contribution in [0.15, 0.2) is 48.7 Å². The van der Waals surface area contributed by atoms with Gasteiger partial charge in [-0.05, 0) is 43.5 Å². The summed E-state index contributed by atoms with van der Waals surface area (Å²) in [4.78, 5) is 33.8. The van der Waals surface area contributed by atoms with Crippen LogP contribution in [0.3, 0.4) is 0 Å². The molecule has 176 valence electrons. The van der Waals surface area contributed by atoms with E-state index in [2.05, 4.69) is 10.00 Å². The van der Waals surface area contributed by atoms with Crippen LogP contribution in [-0.2, 0) is 4.79 Å². The molecule has 0 saturated carbocycles. The molecule has 0 bridgehead atoms. The predicted octanol–water partition coefficient (Wildman–Crippen LogP) is 3.06. The van der Waals surface area contributed by atoms with Gasteiger partial charge in [-0.3, -0.25) is 14.6 Å². The highest BCUT2D eigenvalue weighted by Gasteiger charge is 2.36. The van der Waals surface area contributed by atoms with Crippen LogP contribution >= 0.6 is 0 Å². The third-order valence-corrected chi connectivity index (χ3v) is 7.32. The maximum absolute atomic E-state index is 14.4. The van der Waals surface area contributed by atoms with Crippen molar-refractivity contribution in [2.75, 3.05) is 44.3 Å². The maximum atomic E-state index is 14.4. The van der Waals surface area contributed by atoms with Crippen LogP contribution in [0.1, 0.15) is 19.3 Å². The van der Waals surface area contributed by atoms with E-state index in [0.717, 1.165) is 36.1 Å². The second-order valence-electron chi connectivity index (χ2n) is 9.27. The molecule has 3 aliphatic rings. The van der Waals surface area contributed by atoms with E-state index in [-0.39, 0.29) is 24.3 Å². The van der Waals surface area contributed by atoms with Gasteiger partial charge in [0, 0.05) is 37.6 Å². The van der Waals surface area contributed by atoms with Crippen LogP contribution in [0.4, 0.5) is 14.9 Å². The number of aromatic nitrogens is 2. The van der Waals surface area contributed by atoms with Gasteiger partial charge in [-0.25, -0.2) is 13.9 Å². The Kier molecular flexibility index (Phi) is 5.21. The lowest BCUT2D eigenvalue weighted by Gasteiger charge is -2.38. The van der Waals surface area contributed by atoms with Crippen molar-refractivity contribution >= 4 is 28.5 Å². The van der Waals surface area contributed by atoms with Crippen molar-refractivity contribution in [3.05, 3.63) is 54.5 Å². The van der Waals surface area contributed by atoms with Gasteiger partial charge in [-0.1, -0.05) is 18.2 Å². The first-order valence-corrected chi connectivity index (χ1v) is 11.9. The number of halogens is 1. The maximum Gasteiger partial charge on any atom is 0.325 e. The van der Waals surface area contributed by atoms with Crippen molar-refractivity contribution in [2.45, 2.75) is 25.3 Å². The first kappa shape index (κ1) is 21.1. The summed E-state index contributed by atoms with van der Waals surface area (Å²) in [6.45, 7) is 3.56. The zero-order valence-electron chi connectivity index (χ0n) is 18.9. The van der Waals surface area contributed by atoms with Gasteiger partial charge in [0.1, 0.15) is 18.0 Å². The quantitative estimate of drug-likeness (QED) is 0.598. The Morgan fingerprint density at radius 3 is 2.74 bits per heavy atom. The van der Waals surface area contributed by atoms with E-state index in [9.17, 15) is 14.0 Å². The molecule has 0 spiro atoms. The Morgan fingerprint density at radius 2 is 1.85 bits per heavy atom. The number of amides is 3. The second kappa shape index (κ2) is 8.39. The van der Waals surface area contributed by atoms with Crippen molar-refractivity contribution in [1.82, 2.24) is 24.5 Å². The Balaban J connectivity index is 1.20. The highest BCUT2D eigenvalue weighted by Crippen LogP contribution is 2.31. The summed E-state index contributed by atoms with van der Waals surface area (Å²) in [5, 5.41) is 5.17. The SMILES string of the molecule is O=C(CN1CCN(c2cccc3c2cnn3-c2ccccc2F)C1=O)N1CCC2CCCN2C1. The molecule has 0 aliphatic carbocycles. The van der Waals surface area contributed by atoms with Gasteiger partial charge in [0.25, 0.3) is 0 Å². The van der Waals surface area contributed by atoms with Gasteiger partial charge < -0.3 is 9.80 Å². The largest absolute Gasteiger partial charge is 0.328 e. The Morgan fingerprint density at radius 1 is 1.00 bits per heavy atom. The van der Waals surface area contributed by atoms with Gasteiger partial charge >= 0.3 is 6.03 Å². The number of benzene rings is 2. The Bertz CT molecular complexity index is 1260. The van der Waals surface area contributed by atoms with Crippen LogP contribution < -0.4 is 4.90 Å². The molecule has 3 fully saturated rings. The molecule has 3 amide bonds. The lowest BCUT2D eigenvalue weighted by molar-refractivity contribution is -0.136. The molecule has 3 aliphatic heterocycles. The predicted molar refractivity (Wildman–Crippen MR) is 126 cm³/mol. The first-order valence-electron chi connectivity index (χ1n) is 11.9. The average Bonchev–Trinajstić information content (AvgIpc) is 3.58. The molecule has 2 aromatic carbocycles. The molecule has 0 N–H and O–H groups in total. The number of fused-ring (bicyclic) bond motifs is 2. The molecular weight excluding hydrogens is 435 g/mol. The van der Waals surface area contributed by atoms with Gasteiger partial charge in [-0.2, -0.15) is 5.10 Å². The van der Waals surface area contributed by atoms with Gasteiger partial charge in [0.2, 0.25) is 5.91 Å². The van der Waals surface area contributed by atoms with Crippen LogP contribution in [-0.4, -0.2) is 81.9 Å². The van der Waals surface area contributed by atoms with E-state index < -0.39 is 0 Å². The average molecular weight is 463 g/mol. The van der Waals surface area contributed by atoms with E-state index >= 15 is 0 Å². The van der Waals surface area contributed by atoms with Crippen molar-refractivity contribution in [3.8, 4) is 5.69 Å². The number of hydrogen-bond acceptors (Lipinski definition) is 4. The lowest BCUT2D eigenvalue weighted by Crippen LogP contribution is -2.52. The molecule has 6 rings (SSSR count). The van der Waals surface area contributed by atoms with Gasteiger partial charge in [0.15, 0.2) is 0 Å². The minimum atomic E-state index is -0.363. The second-order valence-corrected chi connectivity index (χ2v) is 9.27. The summed E-state index contributed by atoms with van der Waals surface area (Å²) in [6.07, 6.45) is 5.10. The molecule has 8 nitrogen and oxygen atoms in total. The minimum absolute atomic E-state index is 0.00568. The summed E-state index contributed by atoms with van der Waals surface area (Å²) in [6, 6.07) is 12.5. The van der Waals surface area contributed by atoms with E-state index in [0.29, 0.717) is 31.5 Å². The standard InChI is InChI=1S/C25H27FN6O2/c26-20-6-1-2-7-23(20)32-22-9-3-8-21(19(22)15-27-32)31-14-13-28(25(31)34)16-24(33)30-12-10-18-5-4-11-29(18)17-30/h1-3,6-9,15,18H,4-5,10-14,16-17H2. The van der Waals surface area contributed by atoms with E-state index in [1.807, 2.05) is 23.1 Å². The zero-order chi connectivity index (χ0) is 23.2. The number of anilines is 1. The molecule has 1 aromatic heterocycles. The number of rotatable bonds is 4. The van der Waals surface area contributed by atoms with Crippen molar-refractivity contribution < 1.29 is 14.0 Å². The fraction of sp³-hybridized carbons (Fsp3) is 0.400. The summed E-state index contributed by atoms with van der Waals surface area (Å²) in [5.74, 6) is -0.357. The third-order valence-electron chi connectivity index (χ3n) is 7.32. The molecule has 1 atom stereocenters. The topological polar surface area (TPSA) is 64.9 Å². The Hall–Kier alpha value is -3.46. The monoisotopic (exact) mass is 462 g/mol. The lowest BCUT2D eigenvalue weighted by atomic mass is 10.1. The number of para-hydroxylation sites is 1. The van der Waals surface area contributed by atoms with Crippen molar-refractivity contribution in [2.24, 2.45) is 0 Å². The van der Waals surface area contributed by atoms with Crippen LogP contribution in [0.2, 0.25) is 0 Å². The zero-order valence-corrected chi connectivity index (χ0v) is 18.9. The van der Waals surface area contributed by atoms with Crippen LogP contribution in [0.5, 0.6) is 0 Å². The highest BCUT2D eigenvalue weighted by molar-refractivity contribution is 6.04. The van der Waals surface area contributed by atoms with Crippen molar-refractivity contribution in [1.29, 1.82) is 0 Å². The first-order chi connectivity index (χ1) is 16.6. The number of carbonyl (C=O) groups is 2. The number of hydrogen-bond donors (Lipinski definition) is 0. The van der Waals surface area contributed by atoms with E-state index in [1.165, 1.54) is 18.9 Å². The molecule has 3 aromatic rings. The van der Waals surface area contributed by atoms with Gasteiger partial charge in [-0.15, -0.1) is 0 Å². The van der Waals surface area contributed by atoms with Gasteiger partial charge in [0.05, 0.1) is 24.1 Å². The molecule has 0 radical (unpaired) electrons. The fourth-order valence-corrected chi connectivity index (χ4v) is 5.51. The molecule has 1 unspecified atom stereocenters. The molecule has 34 heavy (non-hydrogen) atoms. The molecule has 4 heterocycles. The third kappa shape index (κ3) is 3.51. The van der Waals surface area contributed by atoms with Crippen molar-refractivity contribution in [3.63, 3.8) is 0 Å². The fourth-order valence-electron chi connectivity index (χ4n) is 5.51. The Labute approximate surface area is 197 Å². The van der Waals surface area contributed by atoms with E-state index in [1.54, 1.807) is 38.9 Å². The summed E-state index contributed by atoms with van der Waals surface area (Å²) < 4.78 is 15.9. The molecule has 3 saturated heterocycles. The summed E-state index contributed by atoms with van der Waals surface area (Å²) in [5.41, 5.74) is 1.80. The molecule has 9 heteroatoms. The van der Waals surface area contributed by atoms with Crippen LogP contribution in [0, 0.1) is 5.82 Å². The van der Waals surface area contributed by atoms with Crippen LogP contribution in [0.25, 0.3) is 16.6 Å². The summed E-state index contributed by atoms with van der Waals surface area (Å²) >= 11 is 0. The summed E-state index contributed by atoms with van der Waals surface area (Å²) in [7, 11) is 0. The molecular formula is C25H27FN6O2. The smallest absolute Gasteiger partial charge is 0.325 e. The van der Waals surface area contributed by atoms with E-state index in [4.69, 9.17) is 0 Å². The normalized spacial score (nSPS) is 21.0. The number of urea groups is 1. The minimum Gasteiger partial charge on any atom is -0.328 e. The highest BCUT2D eigenvalue weighted by atomic mass is 19.1. The number of carbonyl (C=O) groups excluding carboxylic acids is 2.